The van der Waals surface area contributed by atoms with Crippen molar-refractivity contribution >= 4 is 17.3 Å². The van der Waals surface area contributed by atoms with Gasteiger partial charge in [0.1, 0.15) is 0 Å². The maximum atomic E-state index is 12.6. The molecule has 3 aromatic rings. The van der Waals surface area contributed by atoms with E-state index in [-0.39, 0.29) is 11.8 Å². The molecular weight excluding hydrogens is 388 g/mol. The lowest BCUT2D eigenvalue weighted by Crippen LogP contribution is -2.32. The maximum absolute atomic E-state index is 12.6. The summed E-state index contributed by atoms with van der Waals surface area (Å²) in [5, 5.41) is 4.19. The van der Waals surface area contributed by atoms with Crippen LogP contribution in [0.2, 0.25) is 0 Å². The quantitative estimate of drug-likeness (QED) is 0.611. The van der Waals surface area contributed by atoms with Crippen molar-refractivity contribution in [2.75, 3.05) is 29.4 Å². The Kier molecular flexibility index (Phi) is 5.22. The molecule has 2 aliphatic heterocycles. The second kappa shape index (κ2) is 8.17. The van der Waals surface area contributed by atoms with Gasteiger partial charge in [-0.3, -0.25) is 4.79 Å². The van der Waals surface area contributed by atoms with E-state index in [0.717, 1.165) is 30.3 Å². The minimum atomic E-state index is -0.0790. The second-order valence-electron chi connectivity index (χ2n) is 8.91. The van der Waals surface area contributed by atoms with Crippen LogP contribution in [0.15, 0.2) is 53.1 Å². The summed E-state index contributed by atoms with van der Waals surface area (Å²) in [5.74, 6) is 1.94. The van der Waals surface area contributed by atoms with Crippen molar-refractivity contribution in [2.24, 2.45) is 5.92 Å². The average Bonchev–Trinajstić information content (AvgIpc) is 3.42. The molecule has 160 valence electrons. The molecule has 2 saturated heterocycles. The molecule has 2 aliphatic rings. The first-order chi connectivity index (χ1) is 15.1. The Balaban J connectivity index is 1.28. The van der Waals surface area contributed by atoms with E-state index in [2.05, 4.69) is 46.2 Å². The van der Waals surface area contributed by atoms with E-state index in [0.29, 0.717) is 24.7 Å². The van der Waals surface area contributed by atoms with Crippen LogP contribution in [-0.4, -0.2) is 35.7 Å². The maximum Gasteiger partial charge on any atom is 0.232 e. The first-order valence-electron chi connectivity index (χ1n) is 11.1. The number of aromatic nitrogens is 2. The van der Waals surface area contributed by atoms with Crippen LogP contribution in [0.1, 0.15) is 43.6 Å². The van der Waals surface area contributed by atoms with Crippen LogP contribution in [0.4, 0.5) is 11.4 Å². The van der Waals surface area contributed by atoms with Gasteiger partial charge in [-0.05, 0) is 62.1 Å². The van der Waals surface area contributed by atoms with E-state index < -0.39 is 0 Å². The predicted molar refractivity (Wildman–Crippen MR) is 121 cm³/mol. The fraction of sp³-hybridized carbons (Fsp3) is 0.400. The molecule has 5 rings (SSSR count). The molecule has 0 unspecified atom stereocenters. The predicted octanol–water partition coefficient (Wildman–Crippen LogP) is 4.80. The number of carbonyl (C=O) groups excluding carboxylic acids is 1. The molecule has 31 heavy (non-hydrogen) atoms. The minimum Gasteiger partial charge on any atom is -0.372 e. The lowest BCUT2D eigenvalue weighted by atomic mass is 9.98. The molecule has 2 fully saturated rings. The first-order valence-corrected chi connectivity index (χ1v) is 11.1. The zero-order valence-electron chi connectivity index (χ0n) is 18.1. The molecule has 0 spiro atoms. The van der Waals surface area contributed by atoms with E-state index in [1.807, 2.05) is 36.1 Å². The summed E-state index contributed by atoms with van der Waals surface area (Å²) in [6, 6.07) is 16.4. The van der Waals surface area contributed by atoms with Crippen LogP contribution in [0.25, 0.3) is 11.4 Å². The van der Waals surface area contributed by atoms with Gasteiger partial charge in [0.25, 0.3) is 0 Å². The van der Waals surface area contributed by atoms with E-state index in [9.17, 15) is 4.79 Å². The highest BCUT2D eigenvalue weighted by atomic mass is 16.5. The molecule has 1 aromatic heterocycles. The molecule has 0 bridgehead atoms. The highest BCUT2D eigenvalue weighted by Gasteiger charge is 2.35. The van der Waals surface area contributed by atoms with Gasteiger partial charge in [0.05, 0.1) is 5.92 Å². The molecule has 6 nitrogen and oxygen atoms in total. The van der Waals surface area contributed by atoms with E-state index in [1.165, 1.54) is 24.1 Å². The van der Waals surface area contributed by atoms with Gasteiger partial charge in [-0.1, -0.05) is 29.8 Å². The van der Waals surface area contributed by atoms with Crippen LogP contribution in [-0.2, 0) is 4.79 Å². The molecule has 6 heteroatoms. The first kappa shape index (κ1) is 19.8. The van der Waals surface area contributed by atoms with Gasteiger partial charge < -0.3 is 14.3 Å². The summed E-state index contributed by atoms with van der Waals surface area (Å²) >= 11 is 0. The van der Waals surface area contributed by atoms with Crippen LogP contribution < -0.4 is 9.80 Å². The van der Waals surface area contributed by atoms with Crippen molar-refractivity contribution in [1.29, 1.82) is 0 Å². The van der Waals surface area contributed by atoms with Crippen molar-refractivity contribution in [2.45, 2.75) is 39.0 Å². The van der Waals surface area contributed by atoms with Crippen LogP contribution in [0.3, 0.4) is 0 Å². The van der Waals surface area contributed by atoms with Crippen molar-refractivity contribution in [1.82, 2.24) is 10.1 Å². The Labute approximate surface area is 182 Å². The van der Waals surface area contributed by atoms with E-state index in [4.69, 9.17) is 4.52 Å². The summed E-state index contributed by atoms with van der Waals surface area (Å²) < 4.78 is 5.56. The lowest BCUT2D eigenvalue weighted by Gasteiger charge is -2.32. The summed E-state index contributed by atoms with van der Waals surface area (Å²) in [5.41, 5.74) is 4.27. The summed E-state index contributed by atoms with van der Waals surface area (Å²) in [7, 11) is 0. The number of rotatable bonds is 4. The number of amides is 1. The number of piperidine rings is 1. The third kappa shape index (κ3) is 4.07. The van der Waals surface area contributed by atoms with Crippen molar-refractivity contribution in [3.8, 4) is 11.4 Å². The highest BCUT2D eigenvalue weighted by Crippen LogP contribution is 2.32. The zero-order valence-corrected chi connectivity index (χ0v) is 18.1. The molecule has 0 N–H and O–H groups in total. The molecule has 0 saturated carbocycles. The molecule has 2 aromatic carbocycles. The fourth-order valence-corrected chi connectivity index (χ4v) is 4.45. The summed E-state index contributed by atoms with van der Waals surface area (Å²) in [6.45, 7) is 7.15. The van der Waals surface area contributed by atoms with E-state index in [1.54, 1.807) is 0 Å². The average molecular weight is 417 g/mol. The van der Waals surface area contributed by atoms with Gasteiger partial charge in [0.15, 0.2) is 0 Å². The standard InChI is InChI=1S/C25H28N4O2/c1-17-3-7-22(8-4-17)29-16-20(15-23(29)30)25-26-24(27-31-25)19-5-9-21(10-6-19)28-13-11-18(2)12-14-28/h3-10,18,20H,11-16H2,1-2H3/t20-/m0/s1. The van der Waals surface area contributed by atoms with Gasteiger partial charge in [-0.2, -0.15) is 4.98 Å². The van der Waals surface area contributed by atoms with Gasteiger partial charge in [0, 0.05) is 43.0 Å². The summed E-state index contributed by atoms with van der Waals surface area (Å²) in [6.07, 6.45) is 2.88. The SMILES string of the molecule is Cc1ccc(N2C[C@@H](c3nc(-c4ccc(N5CCC(C)CC5)cc4)no3)CC2=O)cc1. The zero-order chi connectivity index (χ0) is 21.4. The lowest BCUT2D eigenvalue weighted by molar-refractivity contribution is -0.117. The van der Waals surface area contributed by atoms with Crippen molar-refractivity contribution in [3.05, 3.63) is 60.0 Å². The Morgan fingerprint density at radius 3 is 2.35 bits per heavy atom. The van der Waals surface area contributed by atoms with Gasteiger partial charge in [-0.25, -0.2) is 0 Å². The number of benzene rings is 2. The third-order valence-corrected chi connectivity index (χ3v) is 6.54. The van der Waals surface area contributed by atoms with Crippen molar-refractivity contribution < 1.29 is 9.32 Å². The number of aryl methyl sites for hydroxylation is 1. The van der Waals surface area contributed by atoms with Crippen LogP contribution >= 0.6 is 0 Å². The topological polar surface area (TPSA) is 62.5 Å². The Bertz CT molecular complexity index is 1050. The Morgan fingerprint density at radius 1 is 0.968 bits per heavy atom. The second-order valence-corrected chi connectivity index (χ2v) is 8.91. The molecule has 1 atom stereocenters. The van der Waals surface area contributed by atoms with E-state index >= 15 is 0 Å². The molecule has 0 radical (unpaired) electrons. The fourth-order valence-electron chi connectivity index (χ4n) is 4.45. The number of anilines is 2. The Hall–Kier alpha value is -3.15. The number of carbonyl (C=O) groups is 1. The Morgan fingerprint density at radius 2 is 1.65 bits per heavy atom. The molecule has 0 aliphatic carbocycles. The minimum absolute atomic E-state index is 0.0790. The van der Waals surface area contributed by atoms with Gasteiger partial charge in [0.2, 0.25) is 17.6 Å². The number of hydrogen-bond acceptors (Lipinski definition) is 5. The normalized spacial score (nSPS) is 19.9. The smallest absolute Gasteiger partial charge is 0.232 e. The van der Waals surface area contributed by atoms with Crippen LogP contribution in [0.5, 0.6) is 0 Å². The summed E-state index contributed by atoms with van der Waals surface area (Å²) in [4.78, 5) is 21.4. The van der Waals surface area contributed by atoms with Gasteiger partial charge >= 0.3 is 0 Å². The number of nitrogens with zero attached hydrogens (tertiary/aromatic N) is 4. The highest BCUT2D eigenvalue weighted by molar-refractivity contribution is 5.96. The molecule has 1 amide bonds. The molecule has 3 heterocycles. The van der Waals surface area contributed by atoms with Crippen molar-refractivity contribution in [3.63, 3.8) is 0 Å². The third-order valence-electron chi connectivity index (χ3n) is 6.54. The largest absolute Gasteiger partial charge is 0.372 e. The number of hydrogen-bond donors (Lipinski definition) is 0. The molecular formula is C25H28N4O2. The van der Waals surface area contributed by atoms with Crippen LogP contribution in [0, 0.1) is 12.8 Å². The monoisotopic (exact) mass is 416 g/mol. The van der Waals surface area contributed by atoms with Gasteiger partial charge in [-0.15, -0.1) is 0 Å².